The Kier molecular flexibility index (Phi) is 4.54. The molecule has 5 heteroatoms. The van der Waals surface area contributed by atoms with Crippen molar-refractivity contribution >= 4 is 22.1 Å². The first kappa shape index (κ1) is 13.6. The van der Waals surface area contributed by atoms with Crippen molar-refractivity contribution in [1.82, 2.24) is 4.98 Å². The molecule has 2 aromatic rings. The van der Waals surface area contributed by atoms with Crippen molar-refractivity contribution in [1.29, 1.82) is 0 Å². The minimum atomic E-state index is 0.0513. The smallest absolute Gasteiger partial charge is 0.0698 e. The van der Waals surface area contributed by atoms with Gasteiger partial charge in [-0.25, -0.2) is 0 Å². The third-order valence-electron chi connectivity index (χ3n) is 2.87. The quantitative estimate of drug-likeness (QED) is 0.543. The fraction of sp³-hybridized carbons (Fsp3) is 0.357. The highest BCUT2D eigenvalue weighted by Crippen LogP contribution is 2.28. The van der Waals surface area contributed by atoms with Crippen LogP contribution in [0.1, 0.15) is 5.69 Å². The number of anilines is 2. The summed E-state index contributed by atoms with van der Waals surface area (Å²) in [6.07, 6.45) is 1.80. The lowest BCUT2D eigenvalue weighted by Crippen LogP contribution is -2.11. The summed E-state index contributed by atoms with van der Waals surface area (Å²) >= 11 is 0. The summed E-state index contributed by atoms with van der Waals surface area (Å²) in [5, 5.41) is 13.9. The number of nitrogens with one attached hydrogen (secondary N) is 1. The molecule has 1 heterocycles. The van der Waals surface area contributed by atoms with Gasteiger partial charge in [0.2, 0.25) is 0 Å². The minimum absolute atomic E-state index is 0.0513. The summed E-state index contributed by atoms with van der Waals surface area (Å²) in [5.41, 5.74) is 8.65. The number of aryl methyl sites for hydroxylation is 1. The fourth-order valence-electron chi connectivity index (χ4n) is 1.94. The molecule has 0 bridgehead atoms. The molecule has 2 rings (SSSR count). The first-order chi connectivity index (χ1) is 9.22. The molecule has 0 saturated heterocycles. The molecule has 19 heavy (non-hydrogen) atoms. The SMILES string of the molecule is Cc1cc2c(NCCOCCO)ccc(N)c2cn1. The zero-order chi connectivity index (χ0) is 13.7. The number of ether oxygens (including phenoxy) is 1. The summed E-state index contributed by atoms with van der Waals surface area (Å²) in [4.78, 5) is 4.27. The lowest BCUT2D eigenvalue weighted by molar-refractivity contribution is 0.0992. The molecule has 1 aromatic carbocycles. The molecule has 0 atom stereocenters. The van der Waals surface area contributed by atoms with Crippen molar-refractivity contribution in [3.8, 4) is 0 Å². The van der Waals surface area contributed by atoms with Gasteiger partial charge in [0.25, 0.3) is 0 Å². The van der Waals surface area contributed by atoms with Gasteiger partial charge in [-0.15, -0.1) is 0 Å². The third-order valence-corrected chi connectivity index (χ3v) is 2.87. The van der Waals surface area contributed by atoms with Crippen LogP contribution in [0.5, 0.6) is 0 Å². The van der Waals surface area contributed by atoms with Crippen LogP contribution in [-0.2, 0) is 4.74 Å². The highest BCUT2D eigenvalue weighted by Gasteiger charge is 2.04. The molecule has 0 spiro atoms. The topological polar surface area (TPSA) is 80.4 Å². The van der Waals surface area contributed by atoms with Gasteiger partial charge in [-0.05, 0) is 25.1 Å². The lowest BCUT2D eigenvalue weighted by Gasteiger charge is -2.11. The molecular formula is C14H19N3O2. The number of aliphatic hydroxyl groups excluding tert-OH is 1. The zero-order valence-corrected chi connectivity index (χ0v) is 11.0. The number of benzene rings is 1. The Labute approximate surface area is 112 Å². The van der Waals surface area contributed by atoms with Crippen LogP contribution >= 0.6 is 0 Å². The van der Waals surface area contributed by atoms with E-state index in [9.17, 15) is 0 Å². The van der Waals surface area contributed by atoms with E-state index in [4.69, 9.17) is 15.6 Å². The molecule has 1 aromatic heterocycles. The molecule has 0 saturated carbocycles. The number of pyridine rings is 1. The molecule has 5 nitrogen and oxygen atoms in total. The van der Waals surface area contributed by atoms with Gasteiger partial charge < -0.3 is 20.9 Å². The van der Waals surface area contributed by atoms with E-state index in [2.05, 4.69) is 10.3 Å². The molecule has 0 aliphatic heterocycles. The van der Waals surface area contributed by atoms with Crippen LogP contribution in [0.3, 0.4) is 0 Å². The summed E-state index contributed by atoms with van der Waals surface area (Å²) in [5.74, 6) is 0. The lowest BCUT2D eigenvalue weighted by atomic mass is 10.1. The third kappa shape index (κ3) is 3.33. The largest absolute Gasteiger partial charge is 0.398 e. The summed E-state index contributed by atoms with van der Waals surface area (Å²) in [6.45, 7) is 3.61. The number of hydrogen-bond acceptors (Lipinski definition) is 5. The molecule has 4 N–H and O–H groups in total. The van der Waals surface area contributed by atoms with Crippen LogP contribution in [0.4, 0.5) is 11.4 Å². The second-order valence-electron chi connectivity index (χ2n) is 4.34. The normalized spacial score (nSPS) is 10.8. The Balaban J connectivity index is 2.14. The van der Waals surface area contributed by atoms with E-state index in [1.54, 1.807) is 6.20 Å². The Hall–Kier alpha value is -1.85. The molecule has 0 aliphatic carbocycles. The number of aromatic nitrogens is 1. The monoisotopic (exact) mass is 261 g/mol. The number of nitrogens with zero attached hydrogens (tertiary/aromatic N) is 1. The highest BCUT2D eigenvalue weighted by molar-refractivity contribution is 6.00. The Morgan fingerprint density at radius 2 is 2.16 bits per heavy atom. The van der Waals surface area contributed by atoms with Crippen LogP contribution < -0.4 is 11.1 Å². The van der Waals surface area contributed by atoms with Crippen molar-refractivity contribution in [2.45, 2.75) is 6.92 Å². The van der Waals surface area contributed by atoms with Crippen LogP contribution in [0.2, 0.25) is 0 Å². The van der Waals surface area contributed by atoms with E-state index in [-0.39, 0.29) is 6.61 Å². The van der Waals surface area contributed by atoms with E-state index < -0.39 is 0 Å². The van der Waals surface area contributed by atoms with Gasteiger partial charge in [0.15, 0.2) is 0 Å². The van der Waals surface area contributed by atoms with Crippen molar-refractivity contribution < 1.29 is 9.84 Å². The molecule has 102 valence electrons. The Morgan fingerprint density at radius 1 is 1.32 bits per heavy atom. The van der Waals surface area contributed by atoms with Crippen molar-refractivity contribution in [3.05, 3.63) is 30.1 Å². The van der Waals surface area contributed by atoms with E-state index in [0.29, 0.717) is 19.8 Å². The molecule has 0 fully saturated rings. The maximum atomic E-state index is 8.62. The Bertz CT molecular complexity index is 558. The van der Waals surface area contributed by atoms with E-state index in [1.807, 2.05) is 25.1 Å². The summed E-state index contributed by atoms with van der Waals surface area (Å²) in [7, 11) is 0. The molecule has 0 unspecified atom stereocenters. The number of rotatable bonds is 6. The van der Waals surface area contributed by atoms with Crippen molar-refractivity contribution in [2.24, 2.45) is 0 Å². The maximum absolute atomic E-state index is 8.62. The predicted octanol–water partition coefficient (Wildman–Crippen LogP) is 1.55. The second kappa shape index (κ2) is 6.36. The van der Waals surface area contributed by atoms with Crippen molar-refractivity contribution in [2.75, 3.05) is 37.4 Å². The van der Waals surface area contributed by atoms with E-state index in [1.165, 1.54) is 0 Å². The fourth-order valence-corrected chi connectivity index (χ4v) is 1.94. The maximum Gasteiger partial charge on any atom is 0.0698 e. The number of nitrogens with two attached hydrogens (primary N) is 1. The van der Waals surface area contributed by atoms with Gasteiger partial charge in [0, 0.05) is 40.6 Å². The van der Waals surface area contributed by atoms with Gasteiger partial charge in [0.05, 0.1) is 19.8 Å². The first-order valence-corrected chi connectivity index (χ1v) is 6.29. The van der Waals surface area contributed by atoms with Crippen LogP contribution in [0, 0.1) is 6.92 Å². The average Bonchev–Trinajstić information content (AvgIpc) is 2.41. The number of aliphatic hydroxyl groups is 1. The van der Waals surface area contributed by atoms with Gasteiger partial charge in [-0.1, -0.05) is 0 Å². The van der Waals surface area contributed by atoms with Gasteiger partial charge >= 0.3 is 0 Å². The number of nitrogen functional groups attached to an aromatic ring is 1. The van der Waals surface area contributed by atoms with Gasteiger partial charge in [0.1, 0.15) is 0 Å². The van der Waals surface area contributed by atoms with E-state index in [0.717, 1.165) is 27.8 Å². The highest BCUT2D eigenvalue weighted by atomic mass is 16.5. The number of fused-ring (bicyclic) bond motifs is 1. The number of hydrogen-bond donors (Lipinski definition) is 3. The molecular weight excluding hydrogens is 242 g/mol. The molecule has 0 amide bonds. The summed E-state index contributed by atoms with van der Waals surface area (Å²) < 4.78 is 5.21. The van der Waals surface area contributed by atoms with Gasteiger partial charge in [-0.3, -0.25) is 4.98 Å². The standard InChI is InChI=1S/C14H19N3O2/c1-10-8-11-12(9-17-10)13(15)2-3-14(11)16-4-6-19-7-5-18/h2-3,8-9,16,18H,4-7,15H2,1H3. The summed E-state index contributed by atoms with van der Waals surface area (Å²) in [6, 6.07) is 5.85. The average molecular weight is 261 g/mol. The van der Waals surface area contributed by atoms with Crippen LogP contribution in [-0.4, -0.2) is 36.5 Å². The molecule has 0 aliphatic rings. The molecule has 0 radical (unpaired) electrons. The first-order valence-electron chi connectivity index (χ1n) is 6.29. The second-order valence-corrected chi connectivity index (χ2v) is 4.34. The predicted molar refractivity (Wildman–Crippen MR) is 77.3 cm³/mol. The minimum Gasteiger partial charge on any atom is -0.398 e. The van der Waals surface area contributed by atoms with E-state index >= 15 is 0 Å². The van der Waals surface area contributed by atoms with Gasteiger partial charge in [-0.2, -0.15) is 0 Å². The van der Waals surface area contributed by atoms with Crippen LogP contribution in [0.25, 0.3) is 10.8 Å². The Morgan fingerprint density at radius 3 is 2.95 bits per heavy atom. The van der Waals surface area contributed by atoms with Crippen molar-refractivity contribution in [3.63, 3.8) is 0 Å². The van der Waals surface area contributed by atoms with Crippen LogP contribution in [0.15, 0.2) is 24.4 Å². The zero-order valence-electron chi connectivity index (χ0n) is 11.0.